The molecule has 42 heavy (non-hydrogen) atoms. The number of aromatic nitrogens is 2. The Labute approximate surface area is 249 Å². The van der Waals surface area contributed by atoms with Crippen molar-refractivity contribution in [3.05, 3.63) is 35.0 Å². The maximum Gasteiger partial charge on any atom is 0.417 e. The van der Waals surface area contributed by atoms with E-state index in [4.69, 9.17) is 5.10 Å². The minimum absolute atomic E-state index is 0.0443. The summed E-state index contributed by atoms with van der Waals surface area (Å²) in [6, 6.07) is 3.76. The van der Waals surface area contributed by atoms with Crippen molar-refractivity contribution >= 4 is 27.7 Å². The zero-order chi connectivity index (χ0) is 30.1. The van der Waals surface area contributed by atoms with Gasteiger partial charge in [-0.05, 0) is 50.9 Å². The maximum absolute atomic E-state index is 14.0. The number of nitrogens with zero attached hydrogens (tertiary/aromatic N) is 5. The first-order valence-electron chi connectivity index (χ1n) is 14.5. The lowest BCUT2D eigenvalue weighted by molar-refractivity contribution is -0.139. The third-order valence-electron chi connectivity index (χ3n) is 8.24. The van der Waals surface area contributed by atoms with Crippen molar-refractivity contribution in [1.29, 1.82) is 0 Å². The monoisotopic (exact) mass is 629 g/mol. The largest absolute Gasteiger partial charge is 0.417 e. The molecular formula is C28H38F3N5O4S2. The highest BCUT2D eigenvalue weighted by atomic mass is 32.2. The molecule has 1 N–H and O–H groups in total. The van der Waals surface area contributed by atoms with E-state index in [0.29, 0.717) is 42.9 Å². The number of aliphatic hydroxyl groups is 1. The zero-order valence-electron chi connectivity index (χ0n) is 23.8. The number of carbonyl (C=O) groups is 1. The lowest BCUT2D eigenvalue weighted by Crippen LogP contribution is -2.39. The SMILES string of the molecule is CS(=O)(=O)N1CCc2c(c(-c3ccc(C(F)(F)F)c(SCC(=O)N4CCCC4)c3)nn2CC(O)CN2CCCCC2)C1. The van der Waals surface area contributed by atoms with Gasteiger partial charge in [-0.25, -0.2) is 8.42 Å². The molecular weight excluding hydrogens is 591 g/mol. The quantitative estimate of drug-likeness (QED) is 0.425. The fraction of sp³-hybridized carbons (Fsp3) is 0.643. The Morgan fingerprint density at radius 2 is 1.74 bits per heavy atom. The average molecular weight is 630 g/mol. The van der Waals surface area contributed by atoms with E-state index in [0.717, 1.165) is 68.6 Å². The van der Waals surface area contributed by atoms with Gasteiger partial charge in [0.15, 0.2) is 0 Å². The van der Waals surface area contributed by atoms with Crippen LogP contribution < -0.4 is 0 Å². The van der Waals surface area contributed by atoms with Gasteiger partial charge < -0.3 is 14.9 Å². The average Bonchev–Trinajstić information content (AvgIpc) is 3.60. The Kier molecular flexibility index (Phi) is 9.57. The minimum Gasteiger partial charge on any atom is -0.390 e. The van der Waals surface area contributed by atoms with Crippen molar-refractivity contribution < 1.29 is 31.5 Å². The van der Waals surface area contributed by atoms with Gasteiger partial charge in [-0.3, -0.25) is 9.48 Å². The van der Waals surface area contributed by atoms with Gasteiger partial charge in [-0.15, -0.1) is 11.8 Å². The number of sulfonamides is 1. The number of hydrogen-bond acceptors (Lipinski definition) is 7. The van der Waals surface area contributed by atoms with Crippen molar-refractivity contribution in [1.82, 2.24) is 23.9 Å². The fourth-order valence-corrected chi connectivity index (χ4v) is 7.85. The van der Waals surface area contributed by atoms with Gasteiger partial charge in [-0.1, -0.05) is 12.5 Å². The first-order valence-corrected chi connectivity index (χ1v) is 17.3. The first kappa shape index (κ1) is 31.3. The molecule has 0 aliphatic carbocycles. The van der Waals surface area contributed by atoms with E-state index in [1.165, 1.54) is 22.9 Å². The molecule has 9 nitrogen and oxygen atoms in total. The topological polar surface area (TPSA) is 99.0 Å². The van der Waals surface area contributed by atoms with E-state index in [9.17, 15) is 31.5 Å². The van der Waals surface area contributed by atoms with Crippen LogP contribution in [0.25, 0.3) is 11.3 Å². The number of β-amino-alcohol motifs (C(OH)–C–C–N with tert-alkyl or cyclic N) is 1. The number of thioether (sulfide) groups is 1. The second kappa shape index (κ2) is 12.8. The number of fused-ring (bicyclic) bond motifs is 1. The molecule has 3 aliphatic heterocycles. The van der Waals surface area contributed by atoms with Gasteiger partial charge in [0.05, 0.1) is 35.9 Å². The van der Waals surface area contributed by atoms with Crippen molar-refractivity contribution in [2.75, 3.05) is 51.3 Å². The molecule has 14 heteroatoms. The van der Waals surface area contributed by atoms with Crippen LogP contribution >= 0.6 is 11.8 Å². The molecule has 2 saturated heterocycles. The highest BCUT2D eigenvalue weighted by Crippen LogP contribution is 2.40. The Morgan fingerprint density at radius 1 is 1.05 bits per heavy atom. The van der Waals surface area contributed by atoms with Crippen LogP contribution in [0.15, 0.2) is 23.1 Å². The molecule has 2 aromatic rings. The lowest BCUT2D eigenvalue weighted by atomic mass is 10.0. The molecule has 0 saturated carbocycles. The standard InChI is InChI=1S/C28H38F3N5O4S2/c1-42(39,40)35-14-9-24-22(18-35)27(32-36(24)17-21(37)16-33-10-3-2-4-11-33)20-7-8-23(28(29,30)31)25(15-20)41-19-26(38)34-12-5-6-13-34/h7-8,15,21,37H,2-6,9-14,16-19H2,1H3. The second-order valence-corrected chi connectivity index (χ2v) is 14.4. The summed E-state index contributed by atoms with van der Waals surface area (Å²) in [5, 5.41) is 15.7. The summed E-state index contributed by atoms with van der Waals surface area (Å²) < 4.78 is 69.8. The molecule has 1 aromatic heterocycles. The summed E-state index contributed by atoms with van der Waals surface area (Å²) in [5.41, 5.74) is 1.38. The van der Waals surface area contributed by atoms with Crippen molar-refractivity contribution in [3.8, 4) is 11.3 Å². The Morgan fingerprint density at radius 3 is 2.40 bits per heavy atom. The van der Waals surface area contributed by atoms with Crippen LogP contribution in [-0.4, -0.2) is 101 Å². The number of halogens is 3. The summed E-state index contributed by atoms with van der Waals surface area (Å²) in [5.74, 6) is -0.298. The predicted octanol–water partition coefficient (Wildman–Crippen LogP) is 3.45. The highest BCUT2D eigenvalue weighted by Gasteiger charge is 2.35. The van der Waals surface area contributed by atoms with E-state index in [-0.39, 0.29) is 36.2 Å². The van der Waals surface area contributed by atoms with Crippen molar-refractivity contribution in [3.63, 3.8) is 0 Å². The third kappa shape index (κ3) is 7.32. The number of alkyl halides is 3. The normalized spacial score (nSPS) is 19.7. The van der Waals surface area contributed by atoms with Crippen LogP contribution in [0.5, 0.6) is 0 Å². The molecule has 0 bridgehead atoms. The molecule has 1 aromatic carbocycles. The molecule has 0 spiro atoms. The third-order valence-corrected chi connectivity index (χ3v) is 10.5. The minimum atomic E-state index is -4.61. The first-order chi connectivity index (χ1) is 19.9. The number of piperidine rings is 1. The molecule has 1 amide bonds. The summed E-state index contributed by atoms with van der Waals surface area (Å²) in [4.78, 5) is 16.5. The summed E-state index contributed by atoms with van der Waals surface area (Å²) in [6.45, 7) is 4.08. The second-order valence-electron chi connectivity index (χ2n) is 11.4. The van der Waals surface area contributed by atoms with Crippen molar-refractivity contribution in [2.24, 2.45) is 0 Å². The van der Waals surface area contributed by atoms with Gasteiger partial charge in [0, 0.05) is 60.9 Å². The molecule has 4 heterocycles. The Balaban J connectivity index is 1.46. The van der Waals surface area contributed by atoms with Crippen LogP contribution in [-0.2, 0) is 40.5 Å². The van der Waals surface area contributed by atoms with E-state index in [1.54, 1.807) is 9.58 Å². The summed E-state index contributed by atoms with van der Waals surface area (Å²) >= 11 is 0.859. The van der Waals surface area contributed by atoms with Gasteiger partial charge in [0.25, 0.3) is 0 Å². The van der Waals surface area contributed by atoms with E-state index < -0.39 is 27.9 Å². The van der Waals surface area contributed by atoms with E-state index >= 15 is 0 Å². The van der Waals surface area contributed by atoms with Crippen molar-refractivity contribution in [2.45, 2.75) is 68.8 Å². The van der Waals surface area contributed by atoms with Crippen LogP contribution in [0.3, 0.4) is 0 Å². The lowest BCUT2D eigenvalue weighted by Gasteiger charge is -2.29. The van der Waals surface area contributed by atoms with Crippen LogP contribution in [0.2, 0.25) is 0 Å². The highest BCUT2D eigenvalue weighted by molar-refractivity contribution is 8.00. The molecule has 1 unspecified atom stereocenters. The number of hydrogen-bond donors (Lipinski definition) is 1. The van der Waals surface area contributed by atoms with Gasteiger partial charge in [-0.2, -0.15) is 22.6 Å². The number of aliphatic hydroxyl groups excluding tert-OH is 1. The number of likely N-dealkylation sites (tertiary alicyclic amines) is 2. The zero-order valence-corrected chi connectivity index (χ0v) is 25.4. The molecule has 1 atom stereocenters. The number of rotatable bonds is 9. The van der Waals surface area contributed by atoms with E-state index in [2.05, 4.69) is 4.90 Å². The number of benzene rings is 1. The van der Waals surface area contributed by atoms with Gasteiger partial charge >= 0.3 is 6.18 Å². The Bertz CT molecular complexity index is 1390. The van der Waals surface area contributed by atoms with Crippen LogP contribution in [0, 0.1) is 0 Å². The fourth-order valence-electron chi connectivity index (χ4n) is 6.05. The molecule has 232 valence electrons. The Hall–Kier alpha value is -2.13. The van der Waals surface area contributed by atoms with E-state index in [1.807, 2.05) is 0 Å². The molecule has 5 rings (SSSR count). The molecule has 2 fully saturated rings. The molecule has 0 radical (unpaired) electrons. The van der Waals surface area contributed by atoms with Gasteiger partial charge in [0.2, 0.25) is 15.9 Å². The smallest absolute Gasteiger partial charge is 0.390 e. The summed E-state index contributed by atoms with van der Waals surface area (Å²) in [7, 11) is -3.52. The number of carbonyl (C=O) groups excluding carboxylic acids is 1. The van der Waals surface area contributed by atoms with Crippen LogP contribution in [0.4, 0.5) is 13.2 Å². The summed E-state index contributed by atoms with van der Waals surface area (Å²) in [6.07, 6.45) is 1.34. The number of amides is 1. The van der Waals surface area contributed by atoms with Gasteiger partial charge in [0.1, 0.15) is 0 Å². The van der Waals surface area contributed by atoms with Crippen LogP contribution in [0.1, 0.15) is 48.9 Å². The molecule has 3 aliphatic rings. The maximum atomic E-state index is 14.0. The predicted molar refractivity (Wildman–Crippen MR) is 154 cm³/mol.